The van der Waals surface area contributed by atoms with Crippen molar-refractivity contribution in [3.8, 4) is 0 Å². The number of esters is 1. The molecule has 0 saturated carbocycles. The van der Waals surface area contributed by atoms with Crippen LogP contribution in [0.15, 0.2) is 28.7 Å². The van der Waals surface area contributed by atoms with Gasteiger partial charge in [-0.2, -0.15) is 5.10 Å². The van der Waals surface area contributed by atoms with Gasteiger partial charge in [-0.1, -0.05) is 15.9 Å². The van der Waals surface area contributed by atoms with E-state index in [1.165, 1.54) is 0 Å². The van der Waals surface area contributed by atoms with E-state index in [-0.39, 0.29) is 5.91 Å². The van der Waals surface area contributed by atoms with Crippen molar-refractivity contribution in [1.29, 1.82) is 0 Å². The predicted octanol–water partition coefficient (Wildman–Crippen LogP) is 2.56. The Hall–Kier alpha value is -2.15. The molecule has 7 heteroatoms. The number of nitrogens with zero attached hydrogens (tertiary/aromatic N) is 3. The molecule has 1 aromatic carbocycles. The van der Waals surface area contributed by atoms with E-state index in [0.717, 1.165) is 15.7 Å². The SMILES string of the molecule is CCOC(=O)c1c2c(nn1C)CCN(C(=O)c1ccc(Br)cc1)C2. The molecule has 1 aromatic heterocycles. The summed E-state index contributed by atoms with van der Waals surface area (Å²) in [6.07, 6.45) is 0.630. The number of ether oxygens (including phenoxy) is 1. The van der Waals surface area contributed by atoms with Gasteiger partial charge in [0.2, 0.25) is 0 Å². The minimum atomic E-state index is -0.397. The Morgan fingerprint density at radius 1 is 1.29 bits per heavy atom. The fourth-order valence-corrected chi connectivity index (χ4v) is 3.17. The number of carbonyl (C=O) groups excluding carboxylic acids is 2. The van der Waals surface area contributed by atoms with Crippen molar-refractivity contribution in [3.05, 3.63) is 51.3 Å². The highest BCUT2D eigenvalue weighted by molar-refractivity contribution is 9.10. The normalized spacial score (nSPS) is 13.5. The molecular formula is C17H18BrN3O3. The number of aryl methyl sites for hydroxylation is 1. The number of hydrogen-bond donors (Lipinski definition) is 0. The fourth-order valence-electron chi connectivity index (χ4n) is 2.90. The average Bonchev–Trinajstić information content (AvgIpc) is 2.90. The molecule has 0 unspecified atom stereocenters. The van der Waals surface area contributed by atoms with Crippen molar-refractivity contribution >= 4 is 27.8 Å². The molecule has 0 spiro atoms. The second kappa shape index (κ2) is 6.76. The van der Waals surface area contributed by atoms with E-state index < -0.39 is 5.97 Å². The van der Waals surface area contributed by atoms with Crippen LogP contribution < -0.4 is 0 Å². The van der Waals surface area contributed by atoms with Crippen LogP contribution in [0.1, 0.15) is 39.0 Å². The minimum absolute atomic E-state index is 0.0492. The summed E-state index contributed by atoms with van der Waals surface area (Å²) in [5.41, 5.74) is 2.71. The molecule has 0 aliphatic carbocycles. The lowest BCUT2D eigenvalue weighted by Crippen LogP contribution is -2.36. The molecule has 6 nitrogen and oxygen atoms in total. The van der Waals surface area contributed by atoms with Crippen molar-refractivity contribution in [2.24, 2.45) is 7.05 Å². The maximum Gasteiger partial charge on any atom is 0.356 e. The molecule has 1 aliphatic heterocycles. The number of carbonyl (C=O) groups is 2. The highest BCUT2D eigenvalue weighted by atomic mass is 79.9. The van der Waals surface area contributed by atoms with Gasteiger partial charge in [-0.3, -0.25) is 9.48 Å². The van der Waals surface area contributed by atoms with Crippen LogP contribution in [0.4, 0.5) is 0 Å². The van der Waals surface area contributed by atoms with Crippen molar-refractivity contribution in [3.63, 3.8) is 0 Å². The van der Waals surface area contributed by atoms with E-state index >= 15 is 0 Å². The quantitative estimate of drug-likeness (QED) is 0.754. The van der Waals surface area contributed by atoms with Gasteiger partial charge in [0.15, 0.2) is 5.69 Å². The second-order valence-electron chi connectivity index (χ2n) is 5.60. The summed E-state index contributed by atoms with van der Waals surface area (Å²) >= 11 is 3.37. The third-order valence-corrected chi connectivity index (χ3v) is 4.57. The number of amides is 1. The third-order valence-electron chi connectivity index (χ3n) is 4.04. The lowest BCUT2D eigenvalue weighted by atomic mass is 10.0. The van der Waals surface area contributed by atoms with Crippen molar-refractivity contribution in [2.45, 2.75) is 19.9 Å². The van der Waals surface area contributed by atoms with Crippen LogP contribution in [0.2, 0.25) is 0 Å². The number of benzene rings is 1. The Morgan fingerprint density at radius 2 is 2.00 bits per heavy atom. The highest BCUT2D eigenvalue weighted by Gasteiger charge is 2.30. The topological polar surface area (TPSA) is 64.4 Å². The molecule has 0 saturated heterocycles. The van der Waals surface area contributed by atoms with Gasteiger partial charge in [0.1, 0.15) is 0 Å². The smallest absolute Gasteiger partial charge is 0.356 e. The molecule has 1 aliphatic rings. The third kappa shape index (κ3) is 3.08. The largest absolute Gasteiger partial charge is 0.461 e. The Morgan fingerprint density at radius 3 is 2.67 bits per heavy atom. The summed E-state index contributed by atoms with van der Waals surface area (Å²) < 4.78 is 7.60. The van der Waals surface area contributed by atoms with Crippen molar-refractivity contribution in [2.75, 3.05) is 13.2 Å². The van der Waals surface area contributed by atoms with Gasteiger partial charge in [-0.05, 0) is 31.2 Å². The van der Waals surface area contributed by atoms with E-state index in [9.17, 15) is 9.59 Å². The zero-order valence-electron chi connectivity index (χ0n) is 13.6. The lowest BCUT2D eigenvalue weighted by molar-refractivity contribution is 0.0508. The number of aromatic nitrogens is 2. The monoisotopic (exact) mass is 391 g/mol. The standard InChI is InChI=1S/C17H18BrN3O3/c1-3-24-17(23)15-13-10-21(9-8-14(13)19-20(15)2)16(22)11-4-6-12(18)7-5-11/h4-7H,3,8-10H2,1-2H3. The van der Waals surface area contributed by atoms with Gasteiger partial charge < -0.3 is 9.64 Å². The Labute approximate surface area is 148 Å². The molecule has 0 fully saturated rings. The van der Waals surface area contributed by atoms with Crippen molar-refractivity contribution < 1.29 is 14.3 Å². The first-order valence-electron chi connectivity index (χ1n) is 7.78. The first kappa shape index (κ1) is 16.7. The van der Waals surface area contributed by atoms with E-state index in [2.05, 4.69) is 21.0 Å². The number of fused-ring (bicyclic) bond motifs is 1. The van der Waals surface area contributed by atoms with Crippen LogP contribution >= 0.6 is 15.9 Å². The van der Waals surface area contributed by atoms with E-state index in [1.54, 1.807) is 35.7 Å². The molecule has 1 amide bonds. The Kier molecular flexibility index (Phi) is 4.71. The van der Waals surface area contributed by atoms with Crippen LogP contribution in [0.3, 0.4) is 0 Å². The maximum atomic E-state index is 12.7. The first-order chi connectivity index (χ1) is 11.5. The summed E-state index contributed by atoms with van der Waals surface area (Å²) in [4.78, 5) is 26.6. The molecule has 0 atom stereocenters. The zero-order chi connectivity index (χ0) is 17.3. The summed E-state index contributed by atoms with van der Waals surface area (Å²) in [6.45, 7) is 3.03. The molecule has 0 N–H and O–H groups in total. The molecule has 2 heterocycles. The summed E-state index contributed by atoms with van der Waals surface area (Å²) in [6, 6.07) is 7.27. The molecule has 2 aromatic rings. The van der Waals surface area contributed by atoms with Gasteiger partial charge in [0.25, 0.3) is 5.91 Å². The number of hydrogen-bond acceptors (Lipinski definition) is 4. The van der Waals surface area contributed by atoms with E-state index in [1.807, 2.05) is 12.1 Å². The van der Waals surface area contributed by atoms with Gasteiger partial charge in [-0.25, -0.2) is 4.79 Å². The Bertz CT molecular complexity index is 783. The molecule has 24 heavy (non-hydrogen) atoms. The molecular weight excluding hydrogens is 374 g/mol. The van der Waals surface area contributed by atoms with Crippen LogP contribution in [-0.4, -0.2) is 39.7 Å². The van der Waals surface area contributed by atoms with E-state index in [4.69, 9.17) is 4.74 Å². The summed E-state index contributed by atoms with van der Waals surface area (Å²) in [7, 11) is 1.73. The summed E-state index contributed by atoms with van der Waals surface area (Å²) in [5, 5.41) is 4.40. The van der Waals surface area contributed by atoms with Gasteiger partial charge in [0, 0.05) is 35.6 Å². The van der Waals surface area contributed by atoms with Crippen LogP contribution in [-0.2, 0) is 24.8 Å². The van der Waals surface area contributed by atoms with E-state index in [0.29, 0.717) is 37.4 Å². The minimum Gasteiger partial charge on any atom is -0.461 e. The zero-order valence-corrected chi connectivity index (χ0v) is 15.2. The predicted molar refractivity (Wildman–Crippen MR) is 91.8 cm³/mol. The summed E-state index contributed by atoms with van der Waals surface area (Å²) in [5.74, 6) is -0.446. The molecule has 0 bridgehead atoms. The lowest BCUT2D eigenvalue weighted by Gasteiger charge is -2.27. The van der Waals surface area contributed by atoms with Crippen LogP contribution in [0.5, 0.6) is 0 Å². The van der Waals surface area contributed by atoms with Gasteiger partial charge >= 0.3 is 5.97 Å². The second-order valence-corrected chi connectivity index (χ2v) is 6.52. The number of halogens is 1. The van der Waals surface area contributed by atoms with Crippen LogP contribution in [0, 0.1) is 0 Å². The van der Waals surface area contributed by atoms with Gasteiger partial charge in [0.05, 0.1) is 18.8 Å². The average molecular weight is 392 g/mol. The fraction of sp³-hybridized carbons (Fsp3) is 0.353. The van der Waals surface area contributed by atoms with Crippen molar-refractivity contribution in [1.82, 2.24) is 14.7 Å². The molecule has 3 rings (SSSR count). The molecule has 126 valence electrons. The van der Waals surface area contributed by atoms with Gasteiger partial charge in [-0.15, -0.1) is 0 Å². The first-order valence-corrected chi connectivity index (χ1v) is 8.57. The maximum absolute atomic E-state index is 12.7. The highest BCUT2D eigenvalue weighted by Crippen LogP contribution is 2.24. The van der Waals surface area contributed by atoms with Crippen LogP contribution in [0.25, 0.3) is 0 Å². The Balaban J connectivity index is 1.87. The number of rotatable bonds is 3. The molecule has 0 radical (unpaired) electrons.